The van der Waals surface area contributed by atoms with E-state index in [2.05, 4.69) is 5.32 Å². The van der Waals surface area contributed by atoms with Crippen molar-refractivity contribution in [3.63, 3.8) is 0 Å². The number of aliphatic hydroxyl groups excluding tert-OH is 1. The Morgan fingerprint density at radius 3 is 2.57 bits per heavy atom. The molecule has 0 aliphatic rings. The Kier molecular flexibility index (Phi) is 6.49. The maximum absolute atomic E-state index is 12.4. The quantitative estimate of drug-likeness (QED) is 0.847. The van der Waals surface area contributed by atoms with Gasteiger partial charge in [-0.25, -0.2) is 4.79 Å². The number of rotatable bonds is 6. The summed E-state index contributed by atoms with van der Waals surface area (Å²) < 4.78 is 5.56. The highest BCUT2D eigenvalue weighted by molar-refractivity contribution is 5.91. The van der Waals surface area contributed by atoms with Crippen molar-refractivity contribution in [3.05, 3.63) is 23.8 Å². The van der Waals surface area contributed by atoms with Crippen molar-refractivity contribution < 1.29 is 14.6 Å². The van der Waals surface area contributed by atoms with Gasteiger partial charge >= 0.3 is 6.03 Å². The summed E-state index contributed by atoms with van der Waals surface area (Å²) in [6.45, 7) is 10.2. The summed E-state index contributed by atoms with van der Waals surface area (Å²) in [5.74, 6) is 0.659. The average molecular weight is 294 g/mol. The number of nitrogens with one attached hydrogen (secondary N) is 1. The van der Waals surface area contributed by atoms with Gasteiger partial charge in [-0.15, -0.1) is 0 Å². The average Bonchev–Trinajstić information content (AvgIpc) is 2.38. The highest BCUT2D eigenvalue weighted by atomic mass is 16.5. The van der Waals surface area contributed by atoms with Gasteiger partial charge in [0.15, 0.2) is 0 Å². The number of urea groups is 1. The summed E-state index contributed by atoms with van der Waals surface area (Å²) in [5.41, 5.74) is 1.71. The molecule has 1 unspecified atom stereocenters. The fourth-order valence-electron chi connectivity index (χ4n) is 2.01. The Morgan fingerprint density at radius 1 is 1.38 bits per heavy atom. The van der Waals surface area contributed by atoms with Crippen molar-refractivity contribution >= 4 is 11.7 Å². The standard InChI is InChI=1S/C16H26N2O3/c1-6-21-15-9-12(4)7-8-14(15)17-16(20)18(11(2)3)10-13(5)19/h7-9,11,13,19H,6,10H2,1-5H3,(H,17,20). The molecule has 0 saturated heterocycles. The summed E-state index contributed by atoms with van der Waals surface area (Å²) in [5, 5.41) is 12.4. The maximum Gasteiger partial charge on any atom is 0.322 e. The second kappa shape index (κ2) is 7.88. The van der Waals surface area contributed by atoms with E-state index in [1.165, 1.54) is 0 Å². The molecule has 0 heterocycles. The van der Waals surface area contributed by atoms with Crippen LogP contribution in [0.4, 0.5) is 10.5 Å². The van der Waals surface area contributed by atoms with E-state index in [-0.39, 0.29) is 12.1 Å². The zero-order valence-electron chi connectivity index (χ0n) is 13.5. The summed E-state index contributed by atoms with van der Waals surface area (Å²) >= 11 is 0. The number of amides is 2. The number of aryl methyl sites for hydroxylation is 1. The Bertz CT molecular complexity index is 473. The summed E-state index contributed by atoms with van der Waals surface area (Å²) in [4.78, 5) is 14.0. The molecular weight excluding hydrogens is 268 g/mol. The van der Waals surface area contributed by atoms with Gasteiger partial charge in [0, 0.05) is 12.6 Å². The van der Waals surface area contributed by atoms with Gasteiger partial charge in [0.1, 0.15) is 5.75 Å². The molecule has 0 fully saturated rings. The molecule has 1 rings (SSSR count). The van der Waals surface area contributed by atoms with Crippen molar-refractivity contribution in [3.8, 4) is 5.75 Å². The number of hydrogen-bond acceptors (Lipinski definition) is 3. The summed E-state index contributed by atoms with van der Waals surface area (Å²) in [6, 6.07) is 5.41. The van der Waals surface area contributed by atoms with E-state index in [4.69, 9.17) is 4.74 Å². The first-order valence-corrected chi connectivity index (χ1v) is 7.34. The van der Waals surface area contributed by atoms with Gasteiger partial charge in [-0.05, 0) is 52.3 Å². The minimum Gasteiger partial charge on any atom is -0.492 e. The van der Waals surface area contributed by atoms with Crippen LogP contribution < -0.4 is 10.1 Å². The molecule has 1 aromatic rings. The minimum atomic E-state index is -0.567. The molecule has 2 amide bonds. The minimum absolute atomic E-state index is 0.000548. The summed E-state index contributed by atoms with van der Waals surface area (Å²) in [6.07, 6.45) is -0.567. The molecule has 1 atom stereocenters. The molecule has 0 aliphatic heterocycles. The number of carbonyl (C=O) groups is 1. The van der Waals surface area contributed by atoms with E-state index in [0.29, 0.717) is 24.6 Å². The van der Waals surface area contributed by atoms with Gasteiger partial charge in [-0.2, -0.15) is 0 Å². The lowest BCUT2D eigenvalue weighted by Crippen LogP contribution is -2.43. The maximum atomic E-state index is 12.4. The number of hydrogen-bond donors (Lipinski definition) is 2. The van der Waals surface area contributed by atoms with Crippen LogP contribution in [0.15, 0.2) is 18.2 Å². The largest absolute Gasteiger partial charge is 0.492 e. The zero-order valence-corrected chi connectivity index (χ0v) is 13.5. The Labute approximate surface area is 126 Å². The van der Waals surface area contributed by atoms with E-state index in [9.17, 15) is 9.90 Å². The first-order valence-electron chi connectivity index (χ1n) is 7.34. The van der Waals surface area contributed by atoms with E-state index < -0.39 is 6.10 Å². The van der Waals surface area contributed by atoms with Crippen LogP contribution in [0.2, 0.25) is 0 Å². The molecule has 118 valence electrons. The van der Waals surface area contributed by atoms with Crippen LogP contribution in [0.3, 0.4) is 0 Å². The van der Waals surface area contributed by atoms with Crippen LogP contribution in [0.1, 0.15) is 33.3 Å². The third-order valence-corrected chi connectivity index (χ3v) is 3.02. The van der Waals surface area contributed by atoms with Crippen molar-refractivity contribution in [2.45, 2.75) is 46.8 Å². The highest BCUT2D eigenvalue weighted by Gasteiger charge is 2.20. The van der Waals surface area contributed by atoms with Crippen LogP contribution in [-0.2, 0) is 0 Å². The third-order valence-electron chi connectivity index (χ3n) is 3.02. The predicted molar refractivity (Wildman–Crippen MR) is 84.9 cm³/mol. The lowest BCUT2D eigenvalue weighted by Gasteiger charge is -2.28. The predicted octanol–water partition coefficient (Wildman–Crippen LogP) is 3.02. The molecule has 21 heavy (non-hydrogen) atoms. The number of carbonyl (C=O) groups excluding carboxylic acids is 1. The van der Waals surface area contributed by atoms with Gasteiger partial charge in [-0.3, -0.25) is 0 Å². The first kappa shape index (κ1) is 17.3. The molecule has 1 aromatic carbocycles. The molecule has 0 saturated carbocycles. The van der Waals surface area contributed by atoms with Crippen LogP contribution in [-0.4, -0.2) is 41.3 Å². The smallest absolute Gasteiger partial charge is 0.322 e. The molecule has 5 nitrogen and oxygen atoms in total. The first-order chi connectivity index (χ1) is 9.85. The van der Waals surface area contributed by atoms with E-state index in [1.54, 1.807) is 11.8 Å². The molecule has 0 spiro atoms. The van der Waals surface area contributed by atoms with Crippen LogP contribution in [0, 0.1) is 6.92 Å². The van der Waals surface area contributed by atoms with Crippen molar-refractivity contribution in [1.82, 2.24) is 4.90 Å². The normalized spacial score (nSPS) is 12.1. The van der Waals surface area contributed by atoms with E-state index in [1.807, 2.05) is 45.9 Å². The number of aliphatic hydroxyl groups is 1. The van der Waals surface area contributed by atoms with Crippen LogP contribution in [0.5, 0.6) is 5.75 Å². The fourth-order valence-corrected chi connectivity index (χ4v) is 2.01. The van der Waals surface area contributed by atoms with Gasteiger partial charge < -0.3 is 20.1 Å². The van der Waals surface area contributed by atoms with E-state index >= 15 is 0 Å². The number of anilines is 1. The SMILES string of the molecule is CCOc1cc(C)ccc1NC(=O)N(CC(C)O)C(C)C. The topological polar surface area (TPSA) is 61.8 Å². The molecule has 0 bridgehead atoms. The molecule has 0 aliphatic carbocycles. The van der Waals surface area contributed by atoms with Crippen molar-refractivity contribution in [2.24, 2.45) is 0 Å². The molecule has 0 radical (unpaired) electrons. The molecule has 2 N–H and O–H groups in total. The summed E-state index contributed by atoms with van der Waals surface area (Å²) in [7, 11) is 0. The number of nitrogens with zero attached hydrogens (tertiary/aromatic N) is 1. The van der Waals surface area contributed by atoms with Gasteiger partial charge in [0.25, 0.3) is 0 Å². The van der Waals surface area contributed by atoms with Crippen molar-refractivity contribution in [1.29, 1.82) is 0 Å². The highest BCUT2D eigenvalue weighted by Crippen LogP contribution is 2.26. The Hall–Kier alpha value is -1.75. The number of benzene rings is 1. The lowest BCUT2D eigenvalue weighted by atomic mass is 10.2. The van der Waals surface area contributed by atoms with Gasteiger partial charge in [-0.1, -0.05) is 6.07 Å². The zero-order chi connectivity index (χ0) is 16.0. The monoisotopic (exact) mass is 294 g/mol. The second-order valence-electron chi connectivity index (χ2n) is 5.46. The number of ether oxygens (including phenoxy) is 1. The molecule has 5 heteroatoms. The van der Waals surface area contributed by atoms with Gasteiger partial charge in [0.05, 0.1) is 18.4 Å². The van der Waals surface area contributed by atoms with Crippen molar-refractivity contribution in [2.75, 3.05) is 18.5 Å². The lowest BCUT2D eigenvalue weighted by molar-refractivity contribution is 0.125. The van der Waals surface area contributed by atoms with Crippen LogP contribution in [0.25, 0.3) is 0 Å². The fraction of sp³-hybridized carbons (Fsp3) is 0.562. The molecular formula is C16H26N2O3. The van der Waals surface area contributed by atoms with Gasteiger partial charge in [0.2, 0.25) is 0 Å². The second-order valence-corrected chi connectivity index (χ2v) is 5.46. The Morgan fingerprint density at radius 2 is 2.05 bits per heavy atom. The van der Waals surface area contributed by atoms with E-state index in [0.717, 1.165) is 5.56 Å². The van der Waals surface area contributed by atoms with Crippen LogP contribution >= 0.6 is 0 Å². The Balaban J connectivity index is 2.90. The third kappa shape index (κ3) is 5.27. The molecule has 0 aromatic heterocycles.